The van der Waals surface area contributed by atoms with E-state index in [-0.39, 0.29) is 11.9 Å². The van der Waals surface area contributed by atoms with Crippen LogP contribution in [0.3, 0.4) is 0 Å². The van der Waals surface area contributed by atoms with Crippen LogP contribution < -0.4 is 5.32 Å². The number of likely N-dealkylation sites (tertiary alicyclic amines) is 1. The Morgan fingerprint density at radius 2 is 2.12 bits per heavy atom. The van der Waals surface area contributed by atoms with Crippen molar-refractivity contribution in [2.45, 2.75) is 56.5 Å². The first-order valence-corrected chi connectivity index (χ1v) is 10.3. The Morgan fingerprint density at radius 1 is 1.31 bits per heavy atom. The molecule has 4 rings (SSSR count). The molecular formula is C20H24N4OS. The normalized spacial score (nSPS) is 23.0. The summed E-state index contributed by atoms with van der Waals surface area (Å²) in [5, 5.41) is 13.6. The topological polar surface area (TPSA) is 69.0 Å². The van der Waals surface area contributed by atoms with E-state index in [1.54, 1.807) is 11.3 Å². The second kappa shape index (κ2) is 7.34. The van der Waals surface area contributed by atoms with Crippen LogP contribution in [0.2, 0.25) is 0 Å². The third-order valence-electron chi connectivity index (χ3n) is 5.61. The van der Waals surface area contributed by atoms with Crippen molar-refractivity contribution in [2.24, 2.45) is 0 Å². The number of carbonyl (C=O) groups is 1. The number of amides is 1. The number of nitriles is 1. The number of aromatic nitrogens is 1. The van der Waals surface area contributed by atoms with Crippen LogP contribution in [-0.4, -0.2) is 34.4 Å². The van der Waals surface area contributed by atoms with Crippen molar-refractivity contribution in [1.82, 2.24) is 15.2 Å². The number of hydrogen-bond acceptors (Lipinski definition) is 5. The highest BCUT2D eigenvalue weighted by atomic mass is 32.1. The van der Waals surface area contributed by atoms with Gasteiger partial charge in [-0.15, -0.1) is 11.3 Å². The Morgan fingerprint density at radius 3 is 2.88 bits per heavy atom. The molecule has 6 heteroatoms. The summed E-state index contributed by atoms with van der Waals surface area (Å²) in [7, 11) is 0. The number of nitrogens with zero attached hydrogens (tertiary/aromatic N) is 3. The molecule has 2 heterocycles. The average Bonchev–Trinajstić information content (AvgIpc) is 3.29. The van der Waals surface area contributed by atoms with Gasteiger partial charge in [0, 0.05) is 0 Å². The van der Waals surface area contributed by atoms with Gasteiger partial charge in [-0.3, -0.25) is 9.69 Å². The first-order valence-electron chi connectivity index (χ1n) is 9.51. The molecule has 1 saturated heterocycles. The number of fused-ring (bicyclic) bond motifs is 1. The zero-order valence-corrected chi connectivity index (χ0v) is 15.7. The van der Waals surface area contributed by atoms with Gasteiger partial charge in [0.25, 0.3) is 0 Å². The van der Waals surface area contributed by atoms with Gasteiger partial charge < -0.3 is 5.32 Å². The van der Waals surface area contributed by atoms with Gasteiger partial charge in [0.2, 0.25) is 5.91 Å². The lowest BCUT2D eigenvalue weighted by Gasteiger charge is -2.34. The Labute approximate surface area is 158 Å². The smallest absolute Gasteiger partial charge is 0.235 e. The van der Waals surface area contributed by atoms with E-state index < -0.39 is 5.54 Å². The highest BCUT2D eigenvalue weighted by Gasteiger charge is 2.36. The summed E-state index contributed by atoms with van der Waals surface area (Å²) in [4.78, 5) is 19.7. The Hall–Kier alpha value is -1.97. The van der Waals surface area contributed by atoms with Crippen LogP contribution in [0.5, 0.6) is 0 Å². The molecule has 26 heavy (non-hydrogen) atoms. The molecule has 2 fully saturated rings. The second-order valence-corrected chi connectivity index (χ2v) is 8.51. The SMILES string of the molecule is N#CC1(NC(=O)CN2CCCCC2c2nc3ccccc3s2)CCCC1. The maximum Gasteiger partial charge on any atom is 0.235 e. The summed E-state index contributed by atoms with van der Waals surface area (Å²) in [6, 6.07) is 10.8. The molecule has 1 aliphatic heterocycles. The molecule has 2 aliphatic rings. The van der Waals surface area contributed by atoms with Crippen molar-refractivity contribution in [3.05, 3.63) is 29.3 Å². The van der Waals surface area contributed by atoms with Crippen molar-refractivity contribution >= 4 is 27.5 Å². The van der Waals surface area contributed by atoms with E-state index in [2.05, 4.69) is 22.4 Å². The number of piperidine rings is 1. The molecule has 2 aromatic rings. The summed E-state index contributed by atoms with van der Waals surface area (Å²) < 4.78 is 1.20. The molecule has 1 aromatic heterocycles. The van der Waals surface area contributed by atoms with E-state index in [1.807, 2.05) is 18.2 Å². The van der Waals surface area contributed by atoms with E-state index >= 15 is 0 Å². The van der Waals surface area contributed by atoms with Gasteiger partial charge in [0.1, 0.15) is 10.5 Å². The van der Waals surface area contributed by atoms with Crippen molar-refractivity contribution in [3.8, 4) is 6.07 Å². The minimum atomic E-state index is -0.641. The number of para-hydroxylation sites is 1. The zero-order valence-electron chi connectivity index (χ0n) is 14.9. The monoisotopic (exact) mass is 368 g/mol. The highest BCUT2D eigenvalue weighted by molar-refractivity contribution is 7.18. The fraction of sp³-hybridized carbons (Fsp3) is 0.550. The van der Waals surface area contributed by atoms with Gasteiger partial charge in [-0.2, -0.15) is 5.26 Å². The van der Waals surface area contributed by atoms with Gasteiger partial charge >= 0.3 is 0 Å². The predicted molar refractivity (Wildman–Crippen MR) is 103 cm³/mol. The van der Waals surface area contributed by atoms with E-state index in [0.29, 0.717) is 6.54 Å². The van der Waals surface area contributed by atoms with Crippen LogP contribution in [0.1, 0.15) is 56.0 Å². The summed E-state index contributed by atoms with van der Waals surface area (Å²) in [5.41, 5.74) is 0.398. The quantitative estimate of drug-likeness (QED) is 0.892. The third kappa shape index (κ3) is 3.46. The molecule has 0 radical (unpaired) electrons. The fourth-order valence-electron chi connectivity index (χ4n) is 4.23. The van der Waals surface area contributed by atoms with Crippen molar-refractivity contribution in [3.63, 3.8) is 0 Å². The molecule has 1 saturated carbocycles. The Kier molecular flexibility index (Phi) is 4.92. The molecule has 1 amide bonds. The van der Waals surface area contributed by atoms with Crippen LogP contribution in [0.25, 0.3) is 10.2 Å². The standard InChI is InChI=1S/C20H24N4OS/c21-14-20(10-4-5-11-20)23-18(25)13-24-12-6-3-8-16(24)19-22-15-7-1-2-9-17(15)26-19/h1-2,7,9,16H,3-6,8,10-13H2,(H,23,25). The molecular weight excluding hydrogens is 344 g/mol. The van der Waals surface area contributed by atoms with Crippen LogP contribution in [0.15, 0.2) is 24.3 Å². The molecule has 1 unspecified atom stereocenters. The Bertz CT molecular complexity index is 801. The van der Waals surface area contributed by atoms with Gasteiger partial charge in [-0.25, -0.2) is 4.98 Å². The van der Waals surface area contributed by atoms with E-state index in [0.717, 1.165) is 55.6 Å². The minimum absolute atomic E-state index is 0.0264. The molecule has 5 nitrogen and oxygen atoms in total. The van der Waals surface area contributed by atoms with Crippen LogP contribution >= 0.6 is 11.3 Å². The maximum atomic E-state index is 12.7. The van der Waals surface area contributed by atoms with Gasteiger partial charge in [0.05, 0.1) is 28.9 Å². The Balaban J connectivity index is 1.48. The van der Waals surface area contributed by atoms with Crippen molar-refractivity contribution < 1.29 is 4.79 Å². The average molecular weight is 369 g/mol. The minimum Gasteiger partial charge on any atom is -0.337 e. The largest absolute Gasteiger partial charge is 0.337 e. The van der Waals surface area contributed by atoms with Gasteiger partial charge in [0.15, 0.2) is 0 Å². The first kappa shape index (κ1) is 17.4. The number of carbonyl (C=O) groups excluding carboxylic acids is 1. The van der Waals surface area contributed by atoms with Crippen LogP contribution in [0.4, 0.5) is 0 Å². The van der Waals surface area contributed by atoms with Crippen LogP contribution in [-0.2, 0) is 4.79 Å². The van der Waals surface area contributed by atoms with E-state index in [4.69, 9.17) is 4.98 Å². The lowest BCUT2D eigenvalue weighted by atomic mass is 9.99. The van der Waals surface area contributed by atoms with E-state index in [9.17, 15) is 10.1 Å². The summed E-state index contributed by atoms with van der Waals surface area (Å²) in [5.74, 6) is -0.0264. The summed E-state index contributed by atoms with van der Waals surface area (Å²) >= 11 is 1.73. The van der Waals surface area contributed by atoms with Crippen molar-refractivity contribution in [1.29, 1.82) is 5.26 Å². The molecule has 1 aliphatic carbocycles. The first-order chi connectivity index (χ1) is 12.7. The highest BCUT2D eigenvalue weighted by Crippen LogP contribution is 2.35. The van der Waals surface area contributed by atoms with Crippen molar-refractivity contribution in [2.75, 3.05) is 13.1 Å². The number of hydrogen-bond donors (Lipinski definition) is 1. The van der Waals surface area contributed by atoms with Crippen LogP contribution in [0, 0.1) is 11.3 Å². The number of thiazole rings is 1. The molecule has 0 spiro atoms. The summed E-state index contributed by atoms with van der Waals surface area (Å²) in [6.45, 7) is 1.26. The summed E-state index contributed by atoms with van der Waals surface area (Å²) in [6.07, 6.45) is 6.90. The molecule has 136 valence electrons. The third-order valence-corrected chi connectivity index (χ3v) is 6.74. The van der Waals surface area contributed by atoms with Gasteiger partial charge in [-0.05, 0) is 57.2 Å². The number of rotatable bonds is 4. The number of benzene rings is 1. The molecule has 1 atom stereocenters. The maximum absolute atomic E-state index is 12.7. The fourth-order valence-corrected chi connectivity index (χ4v) is 5.36. The predicted octanol–water partition coefficient (Wildman–Crippen LogP) is 3.78. The molecule has 1 aromatic carbocycles. The van der Waals surface area contributed by atoms with Gasteiger partial charge in [-0.1, -0.05) is 18.6 Å². The molecule has 0 bridgehead atoms. The lowest BCUT2D eigenvalue weighted by molar-refractivity contribution is -0.124. The molecule has 1 N–H and O–H groups in total. The number of nitrogens with one attached hydrogen (secondary N) is 1. The second-order valence-electron chi connectivity index (χ2n) is 7.45. The zero-order chi connectivity index (χ0) is 18.0. The lowest BCUT2D eigenvalue weighted by Crippen LogP contribution is -2.50. The van der Waals surface area contributed by atoms with E-state index in [1.165, 1.54) is 11.1 Å².